The smallest absolute Gasteiger partial charge is 0.342 e. The van der Waals surface area contributed by atoms with Crippen LogP contribution >= 0.6 is 11.6 Å². The number of carbonyl (C=O) groups is 1. The van der Waals surface area contributed by atoms with Crippen LogP contribution in [0.2, 0.25) is 5.02 Å². The minimum Gasteiger partial charge on any atom is -0.342 e. The zero-order valence-corrected chi connectivity index (χ0v) is 13.4. The highest BCUT2D eigenvalue weighted by Gasteiger charge is 2.39. The Bertz CT molecular complexity index is 722. The van der Waals surface area contributed by atoms with E-state index in [4.69, 9.17) is 11.6 Å². The normalized spacial score (nSPS) is 13.2. The van der Waals surface area contributed by atoms with Crippen molar-refractivity contribution in [3.63, 3.8) is 0 Å². The summed E-state index contributed by atoms with van der Waals surface area (Å²) in [5.74, 6) is -0.751. The van der Waals surface area contributed by atoms with Gasteiger partial charge in [0.25, 0.3) is 5.91 Å². The highest BCUT2D eigenvalue weighted by molar-refractivity contribution is 6.34. The summed E-state index contributed by atoms with van der Waals surface area (Å²) in [6.45, 7) is 4.26. The van der Waals surface area contributed by atoms with Gasteiger partial charge in [0.2, 0.25) is 0 Å². The number of amides is 1. The van der Waals surface area contributed by atoms with E-state index in [-0.39, 0.29) is 5.69 Å². The van der Waals surface area contributed by atoms with E-state index >= 15 is 0 Å². The van der Waals surface area contributed by atoms with Gasteiger partial charge in [-0.05, 0) is 19.9 Å². The molecule has 0 radical (unpaired) electrons. The van der Waals surface area contributed by atoms with Crippen molar-refractivity contribution < 1.29 is 18.0 Å². The lowest BCUT2D eigenvalue weighted by Crippen LogP contribution is -2.29. The van der Waals surface area contributed by atoms with Crippen molar-refractivity contribution in [2.24, 2.45) is 7.05 Å². The quantitative estimate of drug-likeness (QED) is 0.923. The second-order valence-electron chi connectivity index (χ2n) is 4.92. The van der Waals surface area contributed by atoms with E-state index in [2.05, 4.69) is 15.5 Å². The summed E-state index contributed by atoms with van der Waals surface area (Å²) in [7, 11) is 1.23. The number of aryl methyl sites for hydroxylation is 2. The van der Waals surface area contributed by atoms with E-state index in [0.29, 0.717) is 12.2 Å². The van der Waals surface area contributed by atoms with Crippen LogP contribution in [0.3, 0.4) is 0 Å². The first-order valence-electron chi connectivity index (χ1n) is 6.79. The van der Waals surface area contributed by atoms with Crippen LogP contribution in [0.5, 0.6) is 0 Å². The van der Waals surface area contributed by atoms with Crippen molar-refractivity contribution >= 4 is 17.5 Å². The third kappa shape index (κ3) is 3.49. The number of hydrogen-bond donors (Lipinski definition) is 1. The van der Waals surface area contributed by atoms with Crippen LogP contribution in [0.1, 0.15) is 41.8 Å². The molecule has 6 nitrogen and oxygen atoms in total. The van der Waals surface area contributed by atoms with Crippen molar-refractivity contribution in [3.8, 4) is 0 Å². The lowest BCUT2D eigenvalue weighted by atomic mass is 10.2. The average Bonchev–Trinajstić information content (AvgIpc) is 3.02. The molecule has 1 amide bonds. The number of halogens is 4. The van der Waals surface area contributed by atoms with E-state index in [9.17, 15) is 18.0 Å². The SMILES string of the molecule is CCn1ccc(C(C)NC(=O)c2c(Cl)c(C(F)(F)F)nn2C)n1. The largest absolute Gasteiger partial charge is 0.436 e. The lowest BCUT2D eigenvalue weighted by Gasteiger charge is -2.12. The number of nitrogens with zero attached hydrogens (tertiary/aromatic N) is 4. The van der Waals surface area contributed by atoms with Gasteiger partial charge in [0.05, 0.1) is 11.7 Å². The van der Waals surface area contributed by atoms with Crippen LogP contribution in [0.25, 0.3) is 0 Å². The van der Waals surface area contributed by atoms with E-state index in [0.717, 1.165) is 4.68 Å². The monoisotopic (exact) mass is 349 g/mol. The molecule has 1 atom stereocenters. The maximum atomic E-state index is 12.8. The van der Waals surface area contributed by atoms with Crippen molar-refractivity contribution in [2.45, 2.75) is 32.6 Å². The van der Waals surface area contributed by atoms with Crippen molar-refractivity contribution in [1.29, 1.82) is 0 Å². The van der Waals surface area contributed by atoms with E-state index in [1.165, 1.54) is 7.05 Å². The summed E-state index contributed by atoms with van der Waals surface area (Å²) in [6, 6.07) is 1.23. The molecule has 0 saturated carbocycles. The molecular formula is C13H15ClF3N5O. The molecule has 0 fully saturated rings. The fourth-order valence-electron chi connectivity index (χ4n) is 2.05. The number of rotatable bonds is 4. The number of aromatic nitrogens is 4. The summed E-state index contributed by atoms with van der Waals surface area (Å²) in [5, 5.41) is 9.36. The molecule has 0 bridgehead atoms. The van der Waals surface area contributed by atoms with Crippen LogP contribution < -0.4 is 5.32 Å². The van der Waals surface area contributed by atoms with Crippen molar-refractivity contribution in [2.75, 3.05) is 0 Å². The average molecular weight is 350 g/mol. The van der Waals surface area contributed by atoms with Gasteiger partial charge in [0.1, 0.15) is 10.7 Å². The molecule has 126 valence electrons. The predicted molar refractivity (Wildman–Crippen MR) is 77.0 cm³/mol. The molecule has 0 aliphatic heterocycles. The Balaban J connectivity index is 2.22. The molecule has 0 saturated heterocycles. The molecule has 0 aliphatic carbocycles. The Morgan fingerprint density at radius 3 is 2.57 bits per heavy atom. The summed E-state index contributed by atoms with van der Waals surface area (Å²) < 4.78 is 40.8. The van der Waals surface area contributed by atoms with E-state index in [1.807, 2.05) is 6.92 Å². The summed E-state index contributed by atoms with van der Waals surface area (Å²) in [6.07, 6.45) is -2.98. The van der Waals surface area contributed by atoms with Gasteiger partial charge in [0, 0.05) is 19.8 Å². The zero-order chi connectivity index (χ0) is 17.4. The van der Waals surface area contributed by atoms with Gasteiger partial charge in [-0.3, -0.25) is 14.2 Å². The van der Waals surface area contributed by atoms with Gasteiger partial charge < -0.3 is 5.32 Å². The lowest BCUT2D eigenvalue weighted by molar-refractivity contribution is -0.141. The molecule has 2 aromatic rings. The van der Waals surface area contributed by atoms with Crippen molar-refractivity contribution in [1.82, 2.24) is 24.9 Å². The molecule has 0 aliphatic rings. The van der Waals surface area contributed by atoms with Crippen molar-refractivity contribution in [3.05, 3.63) is 34.4 Å². The number of carbonyl (C=O) groups excluding carboxylic acids is 1. The van der Waals surface area contributed by atoms with E-state index < -0.39 is 28.8 Å². The van der Waals surface area contributed by atoms with E-state index in [1.54, 1.807) is 23.9 Å². The van der Waals surface area contributed by atoms with Gasteiger partial charge in [-0.25, -0.2) is 0 Å². The van der Waals surface area contributed by atoms with Gasteiger partial charge >= 0.3 is 6.18 Å². The molecule has 2 aromatic heterocycles. The fraction of sp³-hybridized carbons (Fsp3) is 0.462. The fourth-order valence-corrected chi connectivity index (χ4v) is 2.40. The Morgan fingerprint density at radius 1 is 1.43 bits per heavy atom. The first-order chi connectivity index (χ1) is 10.6. The number of hydrogen-bond acceptors (Lipinski definition) is 3. The molecule has 0 spiro atoms. The van der Waals surface area contributed by atoms with Crippen LogP contribution in [0, 0.1) is 0 Å². The van der Waals surface area contributed by atoms with Crippen LogP contribution in [0.15, 0.2) is 12.3 Å². The second-order valence-corrected chi connectivity index (χ2v) is 5.30. The highest BCUT2D eigenvalue weighted by atomic mass is 35.5. The maximum Gasteiger partial charge on any atom is 0.436 e. The summed E-state index contributed by atoms with van der Waals surface area (Å²) in [4.78, 5) is 12.2. The minimum atomic E-state index is -4.72. The Kier molecular flexibility index (Phi) is 4.69. The first-order valence-corrected chi connectivity index (χ1v) is 7.16. The topological polar surface area (TPSA) is 64.7 Å². The molecule has 1 N–H and O–H groups in total. The standard InChI is InChI=1S/C13H15ClF3N5O/c1-4-22-6-5-8(19-22)7(2)18-12(23)10-9(14)11(13(15,16)17)20-21(10)3/h5-7H,4H2,1-3H3,(H,18,23). The van der Waals surface area contributed by atoms with Gasteiger partial charge in [0.15, 0.2) is 5.69 Å². The maximum absolute atomic E-state index is 12.8. The molecule has 23 heavy (non-hydrogen) atoms. The first kappa shape index (κ1) is 17.3. The number of nitrogens with one attached hydrogen (secondary N) is 1. The third-order valence-corrected chi connectivity index (χ3v) is 3.61. The van der Waals surface area contributed by atoms with Gasteiger partial charge in [-0.1, -0.05) is 11.6 Å². The minimum absolute atomic E-state index is 0.347. The molecule has 0 aromatic carbocycles. The third-order valence-electron chi connectivity index (χ3n) is 3.25. The summed E-state index contributed by atoms with van der Waals surface area (Å²) in [5.41, 5.74) is -1.04. The molecule has 2 rings (SSSR count). The molecular weight excluding hydrogens is 335 g/mol. The van der Waals surface area contributed by atoms with Gasteiger partial charge in [-0.15, -0.1) is 0 Å². The zero-order valence-electron chi connectivity index (χ0n) is 12.6. The van der Waals surface area contributed by atoms with Crippen LogP contribution in [-0.4, -0.2) is 25.5 Å². The van der Waals surface area contributed by atoms with Crippen LogP contribution in [0.4, 0.5) is 13.2 Å². The van der Waals surface area contributed by atoms with Gasteiger partial charge in [-0.2, -0.15) is 23.4 Å². The number of alkyl halides is 3. The summed E-state index contributed by atoms with van der Waals surface area (Å²) >= 11 is 5.68. The second kappa shape index (κ2) is 6.23. The molecule has 10 heteroatoms. The highest BCUT2D eigenvalue weighted by Crippen LogP contribution is 2.35. The van der Waals surface area contributed by atoms with Crippen LogP contribution in [-0.2, 0) is 19.8 Å². The molecule has 1 unspecified atom stereocenters. The Morgan fingerprint density at radius 2 is 2.09 bits per heavy atom. The molecule has 2 heterocycles. The Labute approximate surface area is 135 Å². The predicted octanol–water partition coefficient (Wildman–Crippen LogP) is 2.80. The Hall–Kier alpha value is -2.03.